The Bertz CT molecular complexity index is 7740. The second-order valence-electron chi connectivity index (χ2n) is 28.0. The number of hydrogen-bond donors (Lipinski definition) is 1. The van der Waals surface area contributed by atoms with Gasteiger partial charge in [0.1, 0.15) is 33.6 Å². The number of fused-ring (bicyclic) bond motifs is 26. The van der Waals surface area contributed by atoms with E-state index in [1.54, 1.807) is 0 Å². The molecule has 24 rings (SSSR count). The third-order valence-corrected chi connectivity index (χ3v) is 24.1. The standard InChI is InChI=1S/C50H29N3OS.C28H17ClN2O.C22H13NS/c1-3-15-30(16-4-1)32-27-33(31-17-5-2-6-18-31)29-34(28-32)45-48-46(38-22-10-13-25-41(38)54-48)52-50(51-45)53-40-24-12-9-21-37(40)44-47(53)36-20-8-7-19-35(36)43-39-23-11-14-26-42(39)55-49(43)44;29-28-30-25(27-26(31-28)23-13-7-8-14-24(23)32-27)22-16-20(18-9-3-1-4-10-18)15-21(17-22)19-11-5-2-6-12-19;1-2-8-14-13(7-1)19-16-10-4-6-12-18(16)24-22(19)20-15-9-3-5-11-17(15)23-21(14)20/h1-29H;1-17H;1-12,23H. The van der Waals surface area contributed by atoms with Gasteiger partial charge < -0.3 is 13.8 Å². The maximum absolute atomic E-state index is 6.71. The summed E-state index contributed by atoms with van der Waals surface area (Å²) in [6.07, 6.45) is 0. The fourth-order valence-corrected chi connectivity index (χ4v) is 19.4. The van der Waals surface area contributed by atoms with E-state index in [0.717, 1.165) is 105 Å². The molecule has 0 bridgehead atoms. The molecule has 0 aliphatic heterocycles. The molecular weight excluding hydrogens is 1420 g/mol. The Kier molecular flexibility index (Phi) is 15.2. The van der Waals surface area contributed by atoms with Gasteiger partial charge in [-0.05, 0) is 152 Å². The van der Waals surface area contributed by atoms with Crippen molar-refractivity contribution in [3.8, 4) is 73.0 Å². The van der Waals surface area contributed by atoms with Crippen molar-refractivity contribution in [2.24, 2.45) is 0 Å². The smallest absolute Gasteiger partial charge is 0.236 e. The van der Waals surface area contributed by atoms with Gasteiger partial charge in [0.15, 0.2) is 11.2 Å². The van der Waals surface area contributed by atoms with Crippen molar-refractivity contribution >= 4 is 184 Å². The normalized spacial score (nSPS) is 11.8. The van der Waals surface area contributed by atoms with E-state index >= 15 is 0 Å². The summed E-state index contributed by atoms with van der Waals surface area (Å²) in [6.45, 7) is 0. The first-order valence-electron chi connectivity index (χ1n) is 37.0. The van der Waals surface area contributed by atoms with Gasteiger partial charge in [0.05, 0.1) is 16.6 Å². The Morgan fingerprint density at radius 3 is 1.19 bits per heavy atom. The van der Waals surface area contributed by atoms with Crippen molar-refractivity contribution < 1.29 is 8.83 Å². The van der Waals surface area contributed by atoms with Crippen molar-refractivity contribution in [1.82, 2.24) is 29.5 Å². The molecule has 24 aromatic rings. The minimum Gasteiger partial charge on any atom is -0.452 e. The first kappa shape index (κ1) is 64.3. The molecule has 520 valence electrons. The van der Waals surface area contributed by atoms with Crippen LogP contribution in [0.25, 0.3) is 223 Å². The Balaban J connectivity index is 0.000000114. The molecule has 0 aliphatic rings. The lowest BCUT2D eigenvalue weighted by atomic mass is 9.95. The van der Waals surface area contributed by atoms with Gasteiger partial charge in [-0.1, -0.05) is 267 Å². The van der Waals surface area contributed by atoms with E-state index in [-0.39, 0.29) is 5.28 Å². The van der Waals surface area contributed by atoms with E-state index in [2.05, 4.69) is 299 Å². The lowest BCUT2D eigenvalue weighted by Gasteiger charge is -2.13. The molecular formula is C100H59ClN6O2S2. The van der Waals surface area contributed by atoms with E-state index in [1.165, 1.54) is 94.5 Å². The van der Waals surface area contributed by atoms with E-state index in [9.17, 15) is 0 Å². The van der Waals surface area contributed by atoms with Crippen LogP contribution in [0.15, 0.2) is 361 Å². The van der Waals surface area contributed by atoms with Crippen LogP contribution in [0.1, 0.15) is 0 Å². The number of benzene rings is 16. The number of halogens is 1. The monoisotopic (exact) mass is 1470 g/mol. The minimum absolute atomic E-state index is 0.199. The second-order valence-corrected chi connectivity index (χ2v) is 30.5. The van der Waals surface area contributed by atoms with Crippen LogP contribution >= 0.6 is 34.3 Å². The van der Waals surface area contributed by atoms with Gasteiger partial charge in [-0.2, -0.15) is 0 Å². The van der Waals surface area contributed by atoms with E-state index in [1.807, 2.05) is 95.5 Å². The Morgan fingerprint density at radius 2 is 0.667 bits per heavy atom. The average Bonchev–Trinajstić information content (AvgIpc) is 1.56. The number of hydrogen-bond acceptors (Lipinski definition) is 8. The highest BCUT2D eigenvalue weighted by molar-refractivity contribution is 7.27. The van der Waals surface area contributed by atoms with Gasteiger partial charge in [-0.3, -0.25) is 4.57 Å². The van der Waals surface area contributed by atoms with Gasteiger partial charge in [0, 0.05) is 100 Å². The summed E-state index contributed by atoms with van der Waals surface area (Å²) in [5.74, 6) is 0.609. The molecule has 0 saturated heterocycles. The second kappa shape index (κ2) is 26.2. The summed E-state index contributed by atoms with van der Waals surface area (Å²) in [5, 5.41) is 17.6. The lowest BCUT2D eigenvalue weighted by molar-refractivity contribution is 0.666. The molecule has 16 aromatic carbocycles. The summed E-state index contributed by atoms with van der Waals surface area (Å²) in [5.41, 5.74) is 21.3. The third kappa shape index (κ3) is 10.7. The number of nitrogens with zero attached hydrogens (tertiary/aromatic N) is 5. The predicted octanol–water partition coefficient (Wildman–Crippen LogP) is 28.9. The molecule has 11 heteroatoms. The molecule has 8 aromatic heterocycles. The summed E-state index contributed by atoms with van der Waals surface area (Å²) in [7, 11) is 0. The van der Waals surface area contributed by atoms with Gasteiger partial charge in [0.2, 0.25) is 11.2 Å². The highest BCUT2D eigenvalue weighted by Gasteiger charge is 2.27. The fraction of sp³-hybridized carbons (Fsp3) is 0. The van der Waals surface area contributed by atoms with E-state index in [4.69, 9.17) is 30.4 Å². The maximum atomic E-state index is 6.71. The van der Waals surface area contributed by atoms with Crippen molar-refractivity contribution in [3.63, 3.8) is 0 Å². The Labute approximate surface area is 647 Å². The summed E-state index contributed by atoms with van der Waals surface area (Å²) in [6, 6.07) is 123. The largest absolute Gasteiger partial charge is 0.452 e. The van der Waals surface area contributed by atoms with Crippen molar-refractivity contribution in [2.75, 3.05) is 0 Å². The number of para-hydroxylation sites is 4. The van der Waals surface area contributed by atoms with Crippen LogP contribution in [-0.4, -0.2) is 29.5 Å². The molecule has 0 amide bonds. The lowest BCUT2D eigenvalue weighted by Crippen LogP contribution is -2.03. The number of rotatable bonds is 7. The maximum Gasteiger partial charge on any atom is 0.236 e. The molecule has 0 atom stereocenters. The highest BCUT2D eigenvalue weighted by atomic mass is 35.5. The molecule has 0 spiro atoms. The zero-order chi connectivity index (χ0) is 73.2. The molecule has 111 heavy (non-hydrogen) atoms. The summed E-state index contributed by atoms with van der Waals surface area (Å²) in [4.78, 5) is 23.7. The number of aromatic amines is 1. The van der Waals surface area contributed by atoms with Crippen LogP contribution in [0.5, 0.6) is 0 Å². The van der Waals surface area contributed by atoms with Crippen LogP contribution in [-0.2, 0) is 0 Å². The van der Waals surface area contributed by atoms with Crippen LogP contribution < -0.4 is 0 Å². The quantitative estimate of drug-likeness (QED) is 0.160. The predicted molar refractivity (Wildman–Crippen MR) is 467 cm³/mol. The first-order chi connectivity index (χ1) is 55.0. The zero-order valence-electron chi connectivity index (χ0n) is 59.2. The zero-order valence-corrected chi connectivity index (χ0v) is 61.6. The number of thiophene rings is 2. The topological polar surface area (TPSA) is 98.6 Å². The van der Waals surface area contributed by atoms with Crippen molar-refractivity contribution in [2.45, 2.75) is 0 Å². The molecule has 0 unspecified atom stereocenters. The van der Waals surface area contributed by atoms with Crippen LogP contribution in [0.3, 0.4) is 0 Å². The minimum atomic E-state index is 0.199. The van der Waals surface area contributed by atoms with Gasteiger partial charge >= 0.3 is 0 Å². The van der Waals surface area contributed by atoms with Crippen LogP contribution in [0.4, 0.5) is 0 Å². The van der Waals surface area contributed by atoms with Gasteiger partial charge in [-0.25, -0.2) is 19.9 Å². The van der Waals surface area contributed by atoms with Crippen LogP contribution in [0.2, 0.25) is 5.28 Å². The number of aromatic nitrogens is 6. The summed E-state index contributed by atoms with van der Waals surface area (Å²) >= 11 is 10.2. The molecule has 0 saturated carbocycles. The van der Waals surface area contributed by atoms with E-state index in [0.29, 0.717) is 22.8 Å². The van der Waals surface area contributed by atoms with E-state index < -0.39 is 0 Å². The van der Waals surface area contributed by atoms with Crippen LogP contribution in [0, 0.1) is 0 Å². The molecule has 1 N–H and O–H groups in total. The molecule has 8 heterocycles. The molecule has 0 aliphatic carbocycles. The Morgan fingerprint density at radius 1 is 0.288 bits per heavy atom. The highest BCUT2D eigenvalue weighted by Crippen LogP contribution is 2.51. The average molecular weight is 1480 g/mol. The fourth-order valence-electron chi connectivity index (χ4n) is 16.7. The molecule has 8 nitrogen and oxygen atoms in total. The van der Waals surface area contributed by atoms with Crippen molar-refractivity contribution in [3.05, 3.63) is 357 Å². The number of furan rings is 2. The molecule has 0 fully saturated rings. The number of H-pyrrole nitrogens is 1. The van der Waals surface area contributed by atoms with Gasteiger partial charge in [0.25, 0.3) is 0 Å². The SMILES string of the molecule is Clc1nc(-c2cc(-c3ccccc3)cc(-c3ccccc3)c2)c2oc3ccccc3c2n1.c1ccc(-c2cc(-c3ccccc3)cc(-c3nc(-n4c5ccccc5c5c6sc7ccccc7c6c6ccccc6c54)nc4c3oc3ccccc34)c2)cc1.c1ccc2c(c1)[nH]c1c3ccccc3c3c4ccccc4sc3c21. The summed E-state index contributed by atoms with van der Waals surface area (Å²) < 4.78 is 20.5. The number of nitrogens with one attached hydrogen (secondary N) is 1. The van der Waals surface area contributed by atoms with Crippen molar-refractivity contribution in [1.29, 1.82) is 0 Å². The third-order valence-electron chi connectivity index (χ3n) is 21.6. The Hall–Kier alpha value is -13.9. The molecule has 0 radical (unpaired) electrons. The van der Waals surface area contributed by atoms with Gasteiger partial charge in [-0.15, -0.1) is 22.7 Å². The first-order valence-corrected chi connectivity index (χ1v) is 39.0.